The van der Waals surface area contributed by atoms with Crippen LogP contribution in [0.2, 0.25) is 0 Å². The van der Waals surface area contributed by atoms with Crippen LogP contribution in [0.4, 0.5) is 5.82 Å². The first-order valence-electron chi connectivity index (χ1n) is 9.16. The quantitative estimate of drug-likeness (QED) is 0.718. The van der Waals surface area contributed by atoms with E-state index in [1.807, 2.05) is 37.5 Å². The summed E-state index contributed by atoms with van der Waals surface area (Å²) in [6.45, 7) is 1.01. The van der Waals surface area contributed by atoms with E-state index in [1.165, 1.54) is 0 Å². The molecular formula is C20H24N6O. The van der Waals surface area contributed by atoms with E-state index in [1.54, 1.807) is 7.11 Å². The molecule has 0 amide bonds. The number of rotatable bonds is 6. The van der Waals surface area contributed by atoms with Crippen molar-refractivity contribution in [2.75, 3.05) is 19.1 Å². The van der Waals surface area contributed by atoms with Gasteiger partial charge in [-0.3, -0.25) is 4.98 Å². The molecule has 0 saturated heterocycles. The van der Waals surface area contributed by atoms with Gasteiger partial charge in [-0.05, 0) is 25.0 Å². The lowest BCUT2D eigenvalue weighted by molar-refractivity contribution is 0.177. The number of para-hydroxylation sites is 2. The second-order valence-corrected chi connectivity index (χ2v) is 7.13. The smallest absolute Gasteiger partial charge is 0.156 e. The zero-order valence-electron chi connectivity index (χ0n) is 15.7. The van der Waals surface area contributed by atoms with Gasteiger partial charge in [0.1, 0.15) is 12.4 Å². The molecule has 7 nitrogen and oxygen atoms in total. The Morgan fingerprint density at radius 2 is 1.93 bits per heavy atom. The molecule has 7 heteroatoms. The number of fused-ring (bicyclic) bond motifs is 1. The second-order valence-electron chi connectivity index (χ2n) is 7.13. The summed E-state index contributed by atoms with van der Waals surface area (Å²) in [4.78, 5) is 20.6. The fraction of sp³-hybridized carbons (Fsp3) is 0.400. The van der Waals surface area contributed by atoms with Gasteiger partial charge >= 0.3 is 0 Å². The lowest BCUT2D eigenvalue weighted by atomic mass is 9.78. The minimum absolute atomic E-state index is 0.282. The van der Waals surface area contributed by atoms with Gasteiger partial charge in [-0.2, -0.15) is 0 Å². The van der Waals surface area contributed by atoms with Gasteiger partial charge in [0.25, 0.3) is 0 Å². The van der Waals surface area contributed by atoms with Gasteiger partial charge < -0.3 is 15.4 Å². The highest BCUT2D eigenvalue weighted by Gasteiger charge is 2.29. The van der Waals surface area contributed by atoms with E-state index in [0.29, 0.717) is 24.9 Å². The van der Waals surface area contributed by atoms with E-state index in [9.17, 15) is 0 Å². The molecule has 0 atom stereocenters. The number of benzene rings is 1. The highest BCUT2D eigenvalue weighted by atomic mass is 16.5. The van der Waals surface area contributed by atoms with Crippen LogP contribution in [0.3, 0.4) is 0 Å². The van der Waals surface area contributed by atoms with Gasteiger partial charge in [0.15, 0.2) is 5.82 Å². The van der Waals surface area contributed by atoms with Crippen molar-refractivity contribution in [1.29, 1.82) is 0 Å². The Labute approximate surface area is 158 Å². The Morgan fingerprint density at radius 3 is 2.67 bits per heavy atom. The molecule has 0 spiro atoms. The molecule has 0 radical (unpaired) electrons. The number of hydrogen-bond acceptors (Lipinski definition) is 7. The molecule has 1 saturated carbocycles. The maximum Gasteiger partial charge on any atom is 0.156 e. The maximum absolute atomic E-state index is 5.95. The average Bonchev–Trinajstić information content (AvgIpc) is 2.65. The summed E-state index contributed by atoms with van der Waals surface area (Å²) in [5, 5.41) is 0. The maximum atomic E-state index is 5.95. The van der Waals surface area contributed by atoms with E-state index in [0.717, 1.165) is 41.1 Å². The van der Waals surface area contributed by atoms with E-state index in [-0.39, 0.29) is 6.04 Å². The topological polar surface area (TPSA) is 90.1 Å². The molecule has 1 aromatic carbocycles. The first kappa shape index (κ1) is 17.8. The van der Waals surface area contributed by atoms with Crippen molar-refractivity contribution in [2.24, 2.45) is 5.73 Å². The summed E-state index contributed by atoms with van der Waals surface area (Å²) in [5.74, 6) is 1.97. The van der Waals surface area contributed by atoms with Crippen LogP contribution in [0.15, 0.2) is 36.5 Å². The first-order chi connectivity index (χ1) is 13.1. The Morgan fingerprint density at radius 1 is 1.15 bits per heavy atom. The fourth-order valence-electron chi connectivity index (χ4n) is 3.40. The Bertz CT molecular complexity index is 941. The molecule has 140 valence electrons. The minimum atomic E-state index is 0.282. The Hall–Kier alpha value is -2.64. The van der Waals surface area contributed by atoms with Crippen molar-refractivity contribution < 1.29 is 4.74 Å². The SMILES string of the molecule is COCc1nc(C2CC(N)C2)cc(N(C)Cc2cnc3ccccc3n2)n1. The predicted molar refractivity (Wildman–Crippen MR) is 104 cm³/mol. The molecule has 2 heterocycles. The third kappa shape index (κ3) is 3.89. The summed E-state index contributed by atoms with van der Waals surface area (Å²) in [6.07, 6.45) is 3.77. The van der Waals surface area contributed by atoms with Crippen molar-refractivity contribution >= 4 is 16.9 Å². The molecule has 1 aliphatic carbocycles. The van der Waals surface area contributed by atoms with Gasteiger partial charge in [0.05, 0.1) is 29.5 Å². The van der Waals surface area contributed by atoms with Crippen molar-refractivity contribution in [3.8, 4) is 0 Å². The van der Waals surface area contributed by atoms with Crippen molar-refractivity contribution in [1.82, 2.24) is 19.9 Å². The summed E-state index contributed by atoms with van der Waals surface area (Å²) in [6, 6.07) is 10.2. The van der Waals surface area contributed by atoms with E-state index in [4.69, 9.17) is 15.5 Å². The molecule has 27 heavy (non-hydrogen) atoms. The van der Waals surface area contributed by atoms with Crippen molar-refractivity contribution in [3.63, 3.8) is 0 Å². The molecule has 2 aromatic heterocycles. The molecule has 0 unspecified atom stereocenters. The highest BCUT2D eigenvalue weighted by molar-refractivity contribution is 5.73. The lowest BCUT2D eigenvalue weighted by Gasteiger charge is -2.32. The molecule has 1 aliphatic rings. The highest BCUT2D eigenvalue weighted by Crippen LogP contribution is 2.35. The van der Waals surface area contributed by atoms with Crippen molar-refractivity contribution in [2.45, 2.75) is 38.0 Å². The van der Waals surface area contributed by atoms with Crippen LogP contribution >= 0.6 is 0 Å². The first-order valence-corrected chi connectivity index (χ1v) is 9.16. The van der Waals surface area contributed by atoms with Crippen LogP contribution < -0.4 is 10.6 Å². The molecule has 1 fully saturated rings. The number of nitrogens with two attached hydrogens (primary N) is 1. The van der Waals surface area contributed by atoms with Gasteiger partial charge in [0, 0.05) is 37.9 Å². The van der Waals surface area contributed by atoms with Gasteiger partial charge in [-0.1, -0.05) is 12.1 Å². The van der Waals surface area contributed by atoms with Gasteiger partial charge in [0.2, 0.25) is 0 Å². The van der Waals surface area contributed by atoms with Crippen LogP contribution in [0.25, 0.3) is 11.0 Å². The number of methoxy groups -OCH3 is 1. The van der Waals surface area contributed by atoms with Crippen molar-refractivity contribution in [3.05, 3.63) is 53.7 Å². The molecule has 3 aromatic rings. The molecule has 0 bridgehead atoms. The van der Waals surface area contributed by atoms with E-state index in [2.05, 4.69) is 25.9 Å². The number of ether oxygens (including phenoxy) is 1. The van der Waals surface area contributed by atoms with Crippen LogP contribution in [-0.4, -0.2) is 40.1 Å². The normalized spacial score (nSPS) is 19.1. The third-order valence-electron chi connectivity index (χ3n) is 4.93. The Balaban J connectivity index is 1.58. The zero-order chi connectivity index (χ0) is 18.8. The van der Waals surface area contributed by atoms with Crippen LogP contribution in [0, 0.1) is 0 Å². The van der Waals surface area contributed by atoms with Crippen LogP contribution in [-0.2, 0) is 17.9 Å². The molecular weight excluding hydrogens is 340 g/mol. The molecule has 0 aliphatic heterocycles. The van der Waals surface area contributed by atoms with E-state index >= 15 is 0 Å². The Kier molecular flexibility index (Phi) is 4.96. The largest absolute Gasteiger partial charge is 0.377 e. The molecule has 2 N–H and O–H groups in total. The minimum Gasteiger partial charge on any atom is -0.377 e. The second kappa shape index (κ2) is 7.54. The summed E-state index contributed by atoms with van der Waals surface area (Å²) < 4.78 is 5.25. The number of aromatic nitrogens is 4. The average molecular weight is 364 g/mol. The van der Waals surface area contributed by atoms with Gasteiger partial charge in [-0.15, -0.1) is 0 Å². The zero-order valence-corrected chi connectivity index (χ0v) is 15.7. The van der Waals surface area contributed by atoms with Crippen LogP contribution in [0.1, 0.15) is 36.0 Å². The van der Waals surface area contributed by atoms with Crippen LogP contribution in [0.5, 0.6) is 0 Å². The predicted octanol–water partition coefficient (Wildman–Crippen LogP) is 2.41. The summed E-state index contributed by atoms with van der Waals surface area (Å²) >= 11 is 0. The standard InChI is InChI=1S/C20H24N6O/c1-26(11-15-10-22-16-5-3-4-6-17(16)23-15)20-9-18(13-7-14(21)8-13)24-19(25-20)12-27-2/h3-6,9-10,13-14H,7-8,11-12,21H2,1-2H3. The third-order valence-corrected chi connectivity index (χ3v) is 4.93. The van der Waals surface area contributed by atoms with Gasteiger partial charge in [-0.25, -0.2) is 15.0 Å². The fourth-order valence-corrected chi connectivity index (χ4v) is 3.40. The lowest BCUT2D eigenvalue weighted by Crippen LogP contribution is -2.35. The summed E-state index contributed by atoms with van der Waals surface area (Å²) in [7, 11) is 3.66. The van der Waals surface area contributed by atoms with E-state index < -0.39 is 0 Å². The number of hydrogen-bond donors (Lipinski definition) is 1. The molecule has 4 rings (SSSR count). The number of nitrogens with zero attached hydrogens (tertiary/aromatic N) is 5. The number of anilines is 1. The monoisotopic (exact) mass is 364 g/mol. The summed E-state index contributed by atoms with van der Waals surface area (Å²) in [5.41, 5.74) is 9.70.